The summed E-state index contributed by atoms with van der Waals surface area (Å²) in [4.78, 5) is 0.0446. The van der Waals surface area contributed by atoms with Gasteiger partial charge in [-0.05, 0) is 73.7 Å². The van der Waals surface area contributed by atoms with Crippen molar-refractivity contribution < 1.29 is 13.2 Å². The van der Waals surface area contributed by atoms with Gasteiger partial charge in [0, 0.05) is 16.1 Å². The van der Waals surface area contributed by atoms with Crippen molar-refractivity contribution in [2.45, 2.75) is 11.8 Å². The zero-order valence-corrected chi connectivity index (χ0v) is 18.3. The largest absolute Gasteiger partial charge is 0.494 e. The van der Waals surface area contributed by atoms with E-state index < -0.39 is 10.0 Å². The number of ether oxygens (including phenoxy) is 1. The van der Waals surface area contributed by atoms with Gasteiger partial charge in [-0.1, -0.05) is 23.7 Å². The molecule has 0 spiro atoms. The third-order valence-electron chi connectivity index (χ3n) is 4.72. The highest BCUT2D eigenvalue weighted by atomic mass is 35.5. The van der Waals surface area contributed by atoms with Gasteiger partial charge in [-0.3, -0.25) is 0 Å². The number of aromatic nitrogens is 2. The Hall–Kier alpha value is -3.13. The van der Waals surface area contributed by atoms with Crippen LogP contribution >= 0.6 is 11.6 Å². The predicted molar refractivity (Wildman–Crippen MR) is 122 cm³/mol. The first-order chi connectivity index (χ1) is 14.8. The molecule has 0 unspecified atom stereocenters. The van der Waals surface area contributed by atoms with Gasteiger partial charge in [-0.2, -0.15) is 5.10 Å². The van der Waals surface area contributed by atoms with Crippen LogP contribution in [0, 0.1) is 0 Å². The maximum Gasteiger partial charge on any atom is 0.238 e. The van der Waals surface area contributed by atoms with Crippen LogP contribution in [0.5, 0.6) is 5.75 Å². The van der Waals surface area contributed by atoms with E-state index in [1.165, 1.54) is 12.1 Å². The first kappa shape index (κ1) is 21.1. The Kier molecular flexibility index (Phi) is 5.82. The molecule has 3 aromatic carbocycles. The Balaban J connectivity index is 1.81. The van der Waals surface area contributed by atoms with E-state index in [0.717, 1.165) is 28.3 Å². The summed E-state index contributed by atoms with van der Waals surface area (Å²) in [5.41, 5.74) is 4.16. The standard InChI is InChI=1S/C23H20ClN3O3S/c1-2-30-20-11-5-16(6-12-20)22-15-23(17-3-7-18(24)8-4-17)27(26-22)19-9-13-21(14-10-19)31(25,28)29/h3-15H,2H2,1H3,(H2,25,28,29). The van der Waals surface area contributed by atoms with Crippen LogP contribution in [0.1, 0.15) is 6.92 Å². The van der Waals surface area contributed by atoms with Gasteiger partial charge in [0.25, 0.3) is 0 Å². The van der Waals surface area contributed by atoms with Crippen LogP contribution in [0.25, 0.3) is 28.2 Å². The quantitative estimate of drug-likeness (QED) is 0.449. The second kappa shape index (κ2) is 8.55. The molecule has 0 saturated heterocycles. The summed E-state index contributed by atoms with van der Waals surface area (Å²) in [6.07, 6.45) is 0. The van der Waals surface area contributed by atoms with E-state index in [2.05, 4.69) is 0 Å². The summed E-state index contributed by atoms with van der Waals surface area (Å²) in [5.74, 6) is 0.794. The lowest BCUT2D eigenvalue weighted by Crippen LogP contribution is -2.12. The van der Waals surface area contributed by atoms with E-state index in [-0.39, 0.29) is 4.90 Å². The Morgan fingerprint density at radius 1 is 0.935 bits per heavy atom. The number of hydrogen-bond acceptors (Lipinski definition) is 4. The van der Waals surface area contributed by atoms with Crippen LogP contribution in [0.2, 0.25) is 5.02 Å². The molecule has 1 aromatic heterocycles. The zero-order valence-electron chi connectivity index (χ0n) is 16.7. The highest BCUT2D eigenvalue weighted by Gasteiger charge is 2.15. The number of halogens is 1. The Morgan fingerprint density at radius 2 is 1.55 bits per heavy atom. The highest BCUT2D eigenvalue weighted by Crippen LogP contribution is 2.30. The Morgan fingerprint density at radius 3 is 2.13 bits per heavy atom. The normalized spacial score (nSPS) is 11.5. The Bertz CT molecular complexity index is 1300. The molecule has 6 nitrogen and oxygen atoms in total. The number of sulfonamides is 1. The molecule has 0 aliphatic heterocycles. The molecule has 0 atom stereocenters. The van der Waals surface area contributed by atoms with Crippen LogP contribution < -0.4 is 9.88 Å². The van der Waals surface area contributed by atoms with Crippen molar-refractivity contribution in [3.63, 3.8) is 0 Å². The van der Waals surface area contributed by atoms with Gasteiger partial charge in [0.1, 0.15) is 5.75 Å². The molecule has 31 heavy (non-hydrogen) atoms. The third kappa shape index (κ3) is 4.64. The second-order valence-corrected chi connectivity index (χ2v) is 8.83. The van der Waals surface area contributed by atoms with E-state index in [4.69, 9.17) is 26.6 Å². The predicted octanol–water partition coefficient (Wildman–Crippen LogP) is 4.91. The molecule has 8 heteroatoms. The topological polar surface area (TPSA) is 87.2 Å². The van der Waals surface area contributed by atoms with Crippen molar-refractivity contribution in [2.75, 3.05) is 6.61 Å². The van der Waals surface area contributed by atoms with Gasteiger partial charge < -0.3 is 4.74 Å². The van der Waals surface area contributed by atoms with Crippen LogP contribution in [0.15, 0.2) is 83.8 Å². The number of rotatable bonds is 6. The SMILES string of the molecule is CCOc1ccc(-c2cc(-c3ccc(Cl)cc3)n(-c3ccc(S(N)(=O)=O)cc3)n2)cc1. The molecule has 0 radical (unpaired) electrons. The minimum absolute atomic E-state index is 0.0446. The minimum atomic E-state index is -3.77. The molecule has 4 rings (SSSR count). The highest BCUT2D eigenvalue weighted by molar-refractivity contribution is 7.89. The minimum Gasteiger partial charge on any atom is -0.494 e. The summed E-state index contributed by atoms with van der Waals surface area (Å²) >= 11 is 6.05. The lowest BCUT2D eigenvalue weighted by molar-refractivity contribution is 0.340. The fourth-order valence-electron chi connectivity index (χ4n) is 3.21. The molecule has 2 N–H and O–H groups in total. The second-order valence-electron chi connectivity index (χ2n) is 6.83. The first-order valence-electron chi connectivity index (χ1n) is 9.57. The molecule has 158 valence electrons. The smallest absolute Gasteiger partial charge is 0.238 e. The molecule has 1 heterocycles. The van der Waals surface area contributed by atoms with Gasteiger partial charge in [-0.25, -0.2) is 18.2 Å². The molecule has 0 aliphatic carbocycles. The average molecular weight is 454 g/mol. The zero-order chi connectivity index (χ0) is 22.0. The number of nitrogens with two attached hydrogens (primary N) is 1. The molecule has 0 amide bonds. The van der Waals surface area contributed by atoms with Crippen LogP contribution in [0.4, 0.5) is 0 Å². The van der Waals surface area contributed by atoms with Crippen molar-refractivity contribution in [1.82, 2.24) is 9.78 Å². The van der Waals surface area contributed by atoms with Crippen molar-refractivity contribution in [2.24, 2.45) is 5.14 Å². The van der Waals surface area contributed by atoms with Crippen LogP contribution in [-0.4, -0.2) is 24.8 Å². The summed E-state index contributed by atoms with van der Waals surface area (Å²) in [6.45, 7) is 2.54. The van der Waals surface area contributed by atoms with Crippen LogP contribution in [-0.2, 0) is 10.0 Å². The summed E-state index contributed by atoms with van der Waals surface area (Å²) in [6, 6.07) is 23.4. The lowest BCUT2D eigenvalue weighted by Gasteiger charge is -2.08. The van der Waals surface area contributed by atoms with Crippen molar-refractivity contribution in [3.8, 4) is 34.0 Å². The van der Waals surface area contributed by atoms with Gasteiger partial charge in [0.05, 0.1) is 28.6 Å². The number of benzene rings is 3. The van der Waals surface area contributed by atoms with Crippen molar-refractivity contribution in [3.05, 3.63) is 83.9 Å². The average Bonchev–Trinajstić information content (AvgIpc) is 3.20. The third-order valence-corrected chi connectivity index (χ3v) is 5.90. The molecule has 0 aliphatic rings. The summed E-state index contributed by atoms with van der Waals surface area (Å²) in [7, 11) is -3.77. The molecule has 0 bridgehead atoms. The van der Waals surface area contributed by atoms with Gasteiger partial charge in [0.15, 0.2) is 0 Å². The van der Waals surface area contributed by atoms with E-state index in [1.54, 1.807) is 16.8 Å². The van der Waals surface area contributed by atoms with Crippen molar-refractivity contribution >= 4 is 21.6 Å². The van der Waals surface area contributed by atoms with Gasteiger partial charge in [0.2, 0.25) is 10.0 Å². The molecular formula is C23H20ClN3O3S. The van der Waals surface area contributed by atoms with E-state index in [0.29, 0.717) is 17.3 Å². The molecule has 0 fully saturated rings. The van der Waals surface area contributed by atoms with E-state index >= 15 is 0 Å². The lowest BCUT2D eigenvalue weighted by atomic mass is 10.1. The van der Waals surface area contributed by atoms with E-state index in [9.17, 15) is 8.42 Å². The summed E-state index contributed by atoms with van der Waals surface area (Å²) in [5, 5.41) is 10.6. The first-order valence-corrected chi connectivity index (χ1v) is 11.5. The molecular weight excluding hydrogens is 434 g/mol. The Labute approximate surface area is 185 Å². The van der Waals surface area contributed by atoms with Crippen molar-refractivity contribution in [1.29, 1.82) is 0 Å². The maximum absolute atomic E-state index is 11.6. The monoisotopic (exact) mass is 453 g/mol. The van der Waals surface area contributed by atoms with Gasteiger partial charge >= 0.3 is 0 Å². The van der Waals surface area contributed by atoms with Crippen LogP contribution in [0.3, 0.4) is 0 Å². The number of hydrogen-bond donors (Lipinski definition) is 1. The fraction of sp³-hybridized carbons (Fsp3) is 0.0870. The van der Waals surface area contributed by atoms with Gasteiger partial charge in [-0.15, -0.1) is 0 Å². The molecule has 0 saturated carbocycles. The number of nitrogens with zero attached hydrogens (tertiary/aromatic N) is 2. The summed E-state index contributed by atoms with van der Waals surface area (Å²) < 4.78 is 30.5. The maximum atomic E-state index is 11.6. The fourth-order valence-corrected chi connectivity index (χ4v) is 3.85. The molecule has 4 aromatic rings. The van der Waals surface area contributed by atoms with E-state index in [1.807, 2.05) is 61.5 Å². The number of primary sulfonamides is 1.